The van der Waals surface area contributed by atoms with Crippen LogP contribution in [0.4, 0.5) is 4.79 Å². The Labute approximate surface area is 68.7 Å². The topological polar surface area (TPSA) is 46.3 Å². The van der Waals surface area contributed by atoms with Gasteiger partial charge in [-0.15, -0.1) is 0 Å². The highest BCUT2D eigenvalue weighted by Gasteiger charge is 2.03. The molecule has 0 aliphatic rings. The lowest BCUT2D eigenvalue weighted by Crippen LogP contribution is -2.36. The van der Waals surface area contributed by atoms with Gasteiger partial charge in [-0.2, -0.15) is 0 Å². The molecule has 0 aromatic heterocycles. The Bertz CT molecular complexity index is 97.0. The van der Waals surface area contributed by atoms with Crippen molar-refractivity contribution in [3.8, 4) is 0 Å². The highest BCUT2D eigenvalue weighted by Crippen LogP contribution is 1.89. The summed E-state index contributed by atoms with van der Waals surface area (Å²) in [6.07, 6.45) is 0. The van der Waals surface area contributed by atoms with E-state index in [1.807, 2.05) is 6.92 Å². The first-order valence-corrected chi connectivity index (χ1v) is 4.35. The Hall–Kier alpha value is 0. The van der Waals surface area contributed by atoms with Gasteiger partial charge in [-0.25, -0.2) is 4.79 Å². The van der Waals surface area contributed by atoms with E-state index in [9.17, 15) is 4.79 Å². The molecule has 0 spiro atoms. The van der Waals surface area contributed by atoms with E-state index in [1.165, 1.54) is 0 Å². The number of nitrogens with zero attached hydrogens (tertiary/aromatic N) is 1. The molecule has 3 nitrogen and oxygen atoms in total. The normalized spacial score (nSPS) is 9.11. The van der Waals surface area contributed by atoms with E-state index in [2.05, 4.69) is 22.6 Å². The molecule has 0 radical (unpaired) electrons. The van der Waals surface area contributed by atoms with E-state index in [4.69, 9.17) is 5.73 Å². The zero-order chi connectivity index (χ0) is 7.28. The van der Waals surface area contributed by atoms with Gasteiger partial charge in [0, 0.05) is 17.5 Å². The number of primary amides is 1. The second-order valence-electron chi connectivity index (χ2n) is 1.61. The number of hydrogen-bond acceptors (Lipinski definition) is 1. The van der Waals surface area contributed by atoms with E-state index in [0.717, 1.165) is 11.0 Å². The molecule has 0 rings (SSSR count). The first kappa shape index (κ1) is 9.00. The largest absolute Gasteiger partial charge is 0.351 e. The monoisotopic (exact) mass is 242 g/mol. The maximum absolute atomic E-state index is 10.5. The van der Waals surface area contributed by atoms with Crippen molar-refractivity contribution in [2.24, 2.45) is 5.73 Å². The van der Waals surface area contributed by atoms with Crippen LogP contribution in [0.1, 0.15) is 6.92 Å². The van der Waals surface area contributed by atoms with Gasteiger partial charge >= 0.3 is 6.03 Å². The second-order valence-corrected chi connectivity index (χ2v) is 2.69. The predicted molar refractivity (Wildman–Crippen MR) is 45.7 cm³/mol. The molecule has 2 amide bonds. The molecule has 0 bridgehead atoms. The Kier molecular flexibility index (Phi) is 4.84. The van der Waals surface area contributed by atoms with E-state index in [1.54, 1.807) is 4.90 Å². The molecule has 0 heterocycles. The number of urea groups is 1. The first-order valence-electron chi connectivity index (χ1n) is 2.82. The summed E-state index contributed by atoms with van der Waals surface area (Å²) in [6, 6.07) is -0.325. The van der Waals surface area contributed by atoms with Crippen molar-refractivity contribution >= 4 is 28.6 Å². The van der Waals surface area contributed by atoms with Gasteiger partial charge in [-0.3, -0.25) is 0 Å². The van der Waals surface area contributed by atoms with Crippen LogP contribution < -0.4 is 5.73 Å². The first-order chi connectivity index (χ1) is 4.22. The Morgan fingerprint density at radius 2 is 2.33 bits per heavy atom. The molecular formula is C5H11IN2O. The minimum absolute atomic E-state index is 0.325. The van der Waals surface area contributed by atoms with Gasteiger partial charge in [0.25, 0.3) is 0 Å². The van der Waals surface area contributed by atoms with E-state index < -0.39 is 0 Å². The number of carbonyl (C=O) groups excluding carboxylic acids is 1. The van der Waals surface area contributed by atoms with E-state index >= 15 is 0 Å². The average molecular weight is 242 g/mol. The van der Waals surface area contributed by atoms with Gasteiger partial charge in [0.15, 0.2) is 0 Å². The predicted octanol–water partition coefficient (Wildman–Crippen LogP) is 0.822. The van der Waals surface area contributed by atoms with Crippen LogP contribution in [0.25, 0.3) is 0 Å². The number of nitrogens with two attached hydrogens (primary N) is 1. The van der Waals surface area contributed by atoms with Crippen molar-refractivity contribution in [1.29, 1.82) is 0 Å². The lowest BCUT2D eigenvalue weighted by atomic mass is 10.5. The van der Waals surface area contributed by atoms with Crippen LogP contribution in [0.15, 0.2) is 0 Å². The van der Waals surface area contributed by atoms with Crippen molar-refractivity contribution in [3.05, 3.63) is 0 Å². The van der Waals surface area contributed by atoms with Crippen molar-refractivity contribution in [2.45, 2.75) is 6.92 Å². The summed E-state index contributed by atoms with van der Waals surface area (Å²) < 4.78 is 0.939. The quantitative estimate of drug-likeness (QED) is 0.578. The Morgan fingerprint density at radius 1 is 1.78 bits per heavy atom. The highest BCUT2D eigenvalue weighted by molar-refractivity contribution is 14.1. The molecule has 0 aromatic carbocycles. The molecule has 0 saturated heterocycles. The number of amides is 2. The van der Waals surface area contributed by atoms with Crippen molar-refractivity contribution in [1.82, 2.24) is 4.90 Å². The summed E-state index contributed by atoms with van der Waals surface area (Å²) in [5.41, 5.74) is 5.02. The molecular weight excluding hydrogens is 231 g/mol. The SMILES string of the molecule is CCN(CCI)C(N)=O. The molecule has 0 aliphatic heterocycles. The molecule has 0 atom stereocenters. The van der Waals surface area contributed by atoms with Crippen molar-refractivity contribution in [2.75, 3.05) is 17.5 Å². The molecule has 2 N–H and O–H groups in total. The van der Waals surface area contributed by atoms with Crippen LogP contribution in [-0.2, 0) is 0 Å². The summed E-state index contributed by atoms with van der Waals surface area (Å²) in [5, 5.41) is 0. The van der Waals surface area contributed by atoms with Gasteiger partial charge in [0.1, 0.15) is 0 Å². The number of carbonyl (C=O) groups is 1. The smallest absolute Gasteiger partial charge is 0.314 e. The molecule has 0 aliphatic carbocycles. The minimum Gasteiger partial charge on any atom is -0.351 e. The van der Waals surface area contributed by atoms with Crippen LogP contribution in [0.5, 0.6) is 0 Å². The fourth-order valence-electron chi connectivity index (χ4n) is 0.526. The molecule has 4 heteroatoms. The van der Waals surface area contributed by atoms with E-state index in [0.29, 0.717) is 6.54 Å². The fourth-order valence-corrected chi connectivity index (χ4v) is 1.11. The van der Waals surface area contributed by atoms with Crippen LogP contribution in [0.3, 0.4) is 0 Å². The summed E-state index contributed by atoms with van der Waals surface area (Å²) in [4.78, 5) is 12.1. The molecule has 9 heavy (non-hydrogen) atoms. The summed E-state index contributed by atoms with van der Waals surface area (Å²) in [6.45, 7) is 3.38. The maximum Gasteiger partial charge on any atom is 0.314 e. The van der Waals surface area contributed by atoms with Gasteiger partial charge < -0.3 is 10.6 Å². The fraction of sp³-hybridized carbons (Fsp3) is 0.800. The van der Waals surface area contributed by atoms with Gasteiger partial charge in [0.05, 0.1) is 0 Å². The summed E-state index contributed by atoms with van der Waals surface area (Å²) in [7, 11) is 0. The van der Waals surface area contributed by atoms with Crippen LogP contribution in [0, 0.1) is 0 Å². The van der Waals surface area contributed by atoms with Gasteiger partial charge in [-0.05, 0) is 6.92 Å². The Balaban J connectivity index is 3.54. The standard InChI is InChI=1S/C5H11IN2O/c1-2-8(4-3-6)5(7)9/h2-4H2,1H3,(H2,7,9). The number of rotatable bonds is 3. The molecule has 54 valence electrons. The van der Waals surface area contributed by atoms with Crippen molar-refractivity contribution < 1.29 is 4.79 Å². The van der Waals surface area contributed by atoms with Crippen LogP contribution in [0.2, 0.25) is 0 Å². The van der Waals surface area contributed by atoms with Gasteiger partial charge in [-0.1, -0.05) is 22.6 Å². The highest BCUT2D eigenvalue weighted by atomic mass is 127. The minimum atomic E-state index is -0.325. The third kappa shape index (κ3) is 3.56. The summed E-state index contributed by atoms with van der Waals surface area (Å²) >= 11 is 2.21. The molecule has 0 saturated carbocycles. The molecule has 0 aromatic rings. The zero-order valence-electron chi connectivity index (χ0n) is 5.43. The van der Waals surface area contributed by atoms with Crippen LogP contribution in [-0.4, -0.2) is 28.4 Å². The second kappa shape index (κ2) is 4.84. The van der Waals surface area contributed by atoms with E-state index in [-0.39, 0.29) is 6.03 Å². The molecule has 0 fully saturated rings. The maximum atomic E-state index is 10.5. The Morgan fingerprint density at radius 3 is 2.44 bits per heavy atom. The third-order valence-electron chi connectivity index (χ3n) is 1.05. The lowest BCUT2D eigenvalue weighted by molar-refractivity contribution is 0.214. The average Bonchev–Trinajstić information content (AvgIpc) is 1.82. The van der Waals surface area contributed by atoms with Crippen LogP contribution >= 0.6 is 22.6 Å². The molecule has 0 unspecified atom stereocenters. The number of hydrogen-bond donors (Lipinski definition) is 1. The summed E-state index contributed by atoms with van der Waals surface area (Å²) in [5.74, 6) is 0. The van der Waals surface area contributed by atoms with Crippen molar-refractivity contribution in [3.63, 3.8) is 0 Å². The lowest BCUT2D eigenvalue weighted by Gasteiger charge is -2.15. The number of halogens is 1. The van der Waals surface area contributed by atoms with Gasteiger partial charge in [0.2, 0.25) is 0 Å². The zero-order valence-corrected chi connectivity index (χ0v) is 7.59. The number of alkyl halides is 1. The third-order valence-corrected chi connectivity index (χ3v) is 1.53.